The van der Waals surface area contributed by atoms with Crippen LogP contribution in [0.3, 0.4) is 0 Å². The highest BCUT2D eigenvalue weighted by molar-refractivity contribution is 5.95. The lowest BCUT2D eigenvalue weighted by Gasteiger charge is -2.10. The van der Waals surface area contributed by atoms with Crippen molar-refractivity contribution in [1.29, 1.82) is 0 Å². The second kappa shape index (κ2) is 8.67. The Bertz CT molecular complexity index is 1480. The molecule has 0 radical (unpaired) electrons. The summed E-state index contributed by atoms with van der Waals surface area (Å²) in [6, 6.07) is 8.96. The van der Waals surface area contributed by atoms with Gasteiger partial charge in [0.25, 0.3) is 11.9 Å². The Hall–Kier alpha value is -4.41. The lowest BCUT2D eigenvalue weighted by molar-refractivity contribution is 0.0949. The molecule has 1 aliphatic carbocycles. The molecule has 11 heteroatoms. The molecule has 1 fully saturated rings. The van der Waals surface area contributed by atoms with Gasteiger partial charge in [-0.3, -0.25) is 4.79 Å². The fourth-order valence-electron chi connectivity index (χ4n) is 4.10. The Balaban J connectivity index is 1.28. The summed E-state index contributed by atoms with van der Waals surface area (Å²) in [4.78, 5) is 22.0. The lowest BCUT2D eigenvalue weighted by Crippen LogP contribution is -2.24. The van der Waals surface area contributed by atoms with Crippen LogP contribution in [-0.4, -0.2) is 32.4 Å². The largest absolute Gasteiger partial charge is 0.454 e. The van der Waals surface area contributed by atoms with E-state index < -0.39 is 23.4 Å². The Kier molecular flexibility index (Phi) is 5.32. The maximum absolute atomic E-state index is 13.5. The molecule has 6 rings (SSSR count). The molecule has 2 aromatic heterocycles. The van der Waals surface area contributed by atoms with Gasteiger partial charge in [-0.1, -0.05) is 0 Å². The third-order valence-electron chi connectivity index (χ3n) is 6.01. The standard InChI is InChI=1S/C25H18F3N5O3/c26-17-7-13(8-18(27)22(17)28)10-30-24(34)16-11-31-33(23(16)14-1-2-14)25-29-6-5-19(32-25)15-3-4-20-21(9-15)36-12-35-20/h3-9,11,14H,1-2,10,12H2,(H,30,34). The van der Waals surface area contributed by atoms with E-state index in [-0.39, 0.29) is 24.8 Å². The van der Waals surface area contributed by atoms with E-state index in [0.717, 1.165) is 30.5 Å². The highest BCUT2D eigenvalue weighted by Gasteiger charge is 2.33. The van der Waals surface area contributed by atoms with Crippen molar-refractivity contribution in [2.24, 2.45) is 0 Å². The first-order chi connectivity index (χ1) is 17.5. The molecule has 3 heterocycles. The number of halogens is 3. The minimum absolute atomic E-state index is 0.0971. The van der Waals surface area contributed by atoms with Crippen molar-refractivity contribution in [3.05, 3.63) is 83.1 Å². The summed E-state index contributed by atoms with van der Waals surface area (Å²) in [6.07, 6.45) is 4.79. The molecule has 1 aliphatic heterocycles. The van der Waals surface area contributed by atoms with Crippen molar-refractivity contribution in [3.63, 3.8) is 0 Å². The minimum atomic E-state index is -1.55. The molecule has 1 amide bonds. The Morgan fingerprint density at radius 1 is 1.06 bits per heavy atom. The minimum Gasteiger partial charge on any atom is -0.454 e. The zero-order valence-corrected chi connectivity index (χ0v) is 18.7. The number of hydrogen-bond donors (Lipinski definition) is 1. The van der Waals surface area contributed by atoms with Crippen molar-refractivity contribution < 1.29 is 27.4 Å². The predicted molar refractivity (Wildman–Crippen MR) is 120 cm³/mol. The molecule has 0 spiro atoms. The van der Waals surface area contributed by atoms with Gasteiger partial charge in [0.15, 0.2) is 29.0 Å². The molecule has 0 unspecified atom stereocenters. The molecule has 0 atom stereocenters. The van der Waals surface area contributed by atoms with E-state index >= 15 is 0 Å². The van der Waals surface area contributed by atoms with E-state index in [1.165, 1.54) is 6.20 Å². The average molecular weight is 493 g/mol. The van der Waals surface area contributed by atoms with Gasteiger partial charge in [0, 0.05) is 24.2 Å². The number of hydrogen-bond acceptors (Lipinski definition) is 6. The van der Waals surface area contributed by atoms with Crippen LogP contribution >= 0.6 is 0 Å². The monoisotopic (exact) mass is 493 g/mol. The Labute approximate surface area is 202 Å². The second-order valence-corrected chi connectivity index (χ2v) is 8.50. The number of aromatic nitrogens is 4. The van der Waals surface area contributed by atoms with Crippen molar-refractivity contribution in [3.8, 4) is 28.7 Å². The summed E-state index contributed by atoms with van der Waals surface area (Å²) in [5.41, 5.74) is 2.52. The Morgan fingerprint density at radius 3 is 2.61 bits per heavy atom. The molecular formula is C25H18F3N5O3. The molecule has 182 valence electrons. The van der Waals surface area contributed by atoms with Crippen molar-refractivity contribution in [2.45, 2.75) is 25.3 Å². The summed E-state index contributed by atoms with van der Waals surface area (Å²) >= 11 is 0. The van der Waals surface area contributed by atoms with Crippen LogP contribution < -0.4 is 14.8 Å². The van der Waals surface area contributed by atoms with E-state index in [0.29, 0.717) is 34.4 Å². The number of amides is 1. The van der Waals surface area contributed by atoms with Crippen LogP contribution in [-0.2, 0) is 6.54 Å². The topological polar surface area (TPSA) is 91.2 Å². The fourth-order valence-corrected chi connectivity index (χ4v) is 4.10. The zero-order chi connectivity index (χ0) is 24.8. The van der Waals surface area contributed by atoms with Gasteiger partial charge >= 0.3 is 0 Å². The number of nitrogens with one attached hydrogen (secondary N) is 1. The third kappa shape index (κ3) is 4.02. The summed E-state index contributed by atoms with van der Waals surface area (Å²) in [5.74, 6) is -2.95. The number of nitrogens with zero attached hydrogens (tertiary/aromatic N) is 4. The van der Waals surface area contributed by atoms with E-state index in [9.17, 15) is 18.0 Å². The first-order valence-corrected chi connectivity index (χ1v) is 11.2. The van der Waals surface area contributed by atoms with Gasteiger partial charge in [0.05, 0.1) is 23.1 Å². The molecular weight excluding hydrogens is 475 g/mol. The van der Waals surface area contributed by atoms with Crippen LogP contribution in [0.5, 0.6) is 11.5 Å². The highest BCUT2D eigenvalue weighted by Crippen LogP contribution is 2.42. The number of ether oxygens (including phenoxy) is 2. The summed E-state index contributed by atoms with van der Waals surface area (Å²) < 4.78 is 52.6. The van der Waals surface area contributed by atoms with Crippen molar-refractivity contribution in [1.82, 2.24) is 25.1 Å². The van der Waals surface area contributed by atoms with Crippen molar-refractivity contribution in [2.75, 3.05) is 6.79 Å². The van der Waals surface area contributed by atoms with Crippen LogP contribution in [0.4, 0.5) is 13.2 Å². The van der Waals surface area contributed by atoms with Crippen LogP contribution in [0.15, 0.2) is 48.8 Å². The maximum Gasteiger partial charge on any atom is 0.255 e. The predicted octanol–water partition coefficient (Wildman–Crippen LogP) is 4.28. The molecule has 2 aliphatic rings. The number of rotatable bonds is 6. The molecule has 0 bridgehead atoms. The summed E-state index contributed by atoms with van der Waals surface area (Å²) in [7, 11) is 0. The molecule has 1 saturated carbocycles. The number of fused-ring (bicyclic) bond motifs is 1. The quantitative estimate of drug-likeness (QED) is 0.403. The first kappa shape index (κ1) is 22.1. The molecule has 4 aromatic rings. The fraction of sp³-hybridized carbons (Fsp3) is 0.200. The average Bonchev–Trinajstić information content (AvgIpc) is 3.44. The van der Waals surface area contributed by atoms with Crippen LogP contribution in [0.2, 0.25) is 0 Å². The molecule has 0 saturated heterocycles. The van der Waals surface area contributed by atoms with E-state index in [1.54, 1.807) is 16.9 Å². The van der Waals surface area contributed by atoms with Gasteiger partial charge in [-0.05, 0) is 54.8 Å². The van der Waals surface area contributed by atoms with Gasteiger partial charge < -0.3 is 14.8 Å². The van der Waals surface area contributed by atoms with Crippen molar-refractivity contribution >= 4 is 5.91 Å². The maximum atomic E-state index is 13.5. The van der Waals surface area contributed by atoms with Crippen LogP contribution in [0.1, 0.15) is 40.4 Å². The van der Waals surface area contributed by atoms with E-state index in [2.05, 4.69) is 20.4 Å². The molecule has 36 heavy (non-hydrogen) atoms. The molecule has 2 aromatic carbocycles. The highest BCUT2D eigenvalue weighted by atomic mass is 19.2. The van der Waals surface area contributed by atoms with Crippen LogP contribution in [0, 0.1) is 17.5 Å². The second-order valence-electron chi connectivity index (χ2n) is 8.50. The van der Waals surface area contributed by atoms with Gasteiger partial charge in [-0.2, -0.15) is 5.10 Å². The third-order valence-corrected chi connectivity index (χ3v) is 6.01. The number of carbonyl (C=O) groups is 1. The summed E-state index contributed by atoms with van der Waals surface area (Å²) in [5, 5.41) is 7.00. The van der Waals surface area contributed by atoms with E-state index in [4.69, 9.17) is 9.47 Å². The normalized spacial score (nSPS) is 14.2. The molecule has 1 N–H and O–H groups in total. The SMILES string of the molecule is O=C(NCc1cc(F)c(F)c(F)c1)c1cnn(-c2nccc(-c3ccc4c(c3)OCO4)n2)c1C1CC1. The van der Waals surface area contributed by atoms with Crippen LogP contribution in [0.25, 0.3) is 17.2 Å². The smallest absolute Gasteiger partial charge is 0.255 e. The Morgan fingerprint density at radius 2 is 1.83 bits per heavy atom. The zero-order valence-electron chi connectivity index (χ0n) is 18.7. The lowest BCUT2D eigenvalue weighted by atomic mass is 10.1. The summed E-state index contributed by atoms with van der Waals surface area (Å²) in [6.45, 7) is -0.0138. The van der Waals surface area contributed by atoms with E-state index in [1.807, 2.05) is 18.2 Å². The van der Waals surface area contributed by atoms with Gasteiger partial charge in [0.2, 0.25) is 6.79 Å². The van der Waals surface area contributed by atoms with Gasteiger partial charge in [0.1, 0.15) is 0 Å². The first-order valence-electron chi connectivity index (χ1n) is 11.2. The number of benzene rings is 2. The van der Waals surface area contributed by atoms with Gasteiger partial charge in [-0.15, -0.1) is 0 Å². The number of carbonyl (C=O) groups excluding carboxylic acids is 1. The van der Waals surface area contributed by atoms with Gasteiger partial charge in [-0.25, -0.2) is 27.8 Å². The molecule has 8 nitrogen and oxygen atoms in total.